The van der Waals surface area contributed by atoms with E-state index in [1.54, 1.807) is 24.3 Å². The van der Waals surface area contributed by atoms with Crippen LogP contribution in [-0.4, -0.2) is 23.6 Å². The average Bonchev–Trinajstić information content (AvgIpc) is 3.55. The first-order chi connectivity index (χ1) is 14.5. The number of allylic oxidation sites excluding steroid dienone is 4. The number of hydrogen-bond acceptors (Lipinski definition) is 4. The maximum Gasteiger partial charge on any atom is 0.238 e. The number of imide groups is 2. The first-order valence-corrected chi connectivity index (χ1v) is 10.8. The van der Waals surface area contributed by atoms with Gasteiger partial charge in [-0.15, -0.1) is 0 Å². The predicted molar refractivity (Wildman–Crippen MR) is 107 cm³/mol. The molecule has 6 heteroatoms. The highest BCUT2D eigenvalue weighted by atomic mass is 16.2. The van der Waals surface area contributed by atoms with E-state index in [1.165, 1.54) is 9.80 Å². The first-order valence-electron chi connectivity index (χ1n) is 10.8. The van der Waals surface area contributed by atoms with Gasteiger partial charge in [-0.25, -0.2) is 9.80 Å². The summed E-state index contributed by atoms with van der Waals surface area (Å²) in [6.07, 6.45) is 10.0. The summed E-state index contributed by atoms with van der Waals surface area (Å²) in [5, 5.41) is 0. The molecule has 6 nitrogen and oxygen atoms in total. The summed E-state index contributed by atoms with van der Waals surface area (Å²) in [6.45, 7) is 0. The molecule has 4 fully saturated rings. The van der Waals surface area contributed by atoms with Crippen LogP contribution >= 0.6 is 0 Å². The Balaban J connectivity index is 1.24. The smallest absolute Gasteiger partial charge is 0.238 e. The summed E-state index contributed by atoms with van der Waals surface area (Å²) in [5.74, 6) is -1.12. The minimum absolute atomic E-state index is 0.147. The molecule has 8 atom stereocenters. The fourth-order valence-corrected chi connectivity index (χ4v) is 7.08. The SMILES string of the molecule is O=C1C2C3C=CC(C3)C2C(=O)N1c1cccc(N2C(=O)C3C4C=CC(C4)C3C2=O)c1. The van der Waals surface area contributed by atoms with Gasteiger partial charge in [-0.05, 0) is 54.7 Å². The molecule has 2 saturated heterocycles. The Morgan fingerprint density at radius 1 is 0.567 bits per heavy atom. The standard InChI is InChI=1S/C24H20N2O4/c27-21-17-11-4-5-12(8-11)18(17)22(28)25(21)15-2-1-3-16(10-15)26-23(29)19-13-6-7-14(9-13)20(19)24(26)30/h1-7,10-14,17-20H,8-9H2. The van der Waals surface area contributed by atoms with Gasteiger partial charge in [0.05, 0.1) is 35.0 Å². The fraction of sp³-hybridized carbons (Fsp3) is 0.417. The number of rotatable bonds is 2. The molecule has 1 aromatic carbocycles. The van der Waals surface area contributed by atoms with E-state index in [9.17, 15) is 19.2 Å². The highest BCUT2D eigenvalue weighted by Gasteiger charge is 2.61. The lowest BCUT2D eigenvalue weighted by atomic mass is 9.85. The maximum atomic E-state index is 13.1. The van der Waals surface area contributed by atoms with Crippen LogP contribution in [0, 0.1) is 47.3 Å². The van der Waals surface area contributed by atoms with Crippen LogP contribution < -0.4 is 9.80 Å². The monoisotopic (exact) mass is 400 g/mol. The van der Waals surface area contributed by atoms with Gasteiger partial charge in [0, 0.05) is 0 Å². The molecule has 2 heterocycles. The van der Waals surface area contributed by atoms with Gasteiger partial charge in [0.25, 0.3) is 0 Å². The van der Waals surface area contributed by atoms with Crippen molar-refractivity contribution in [2.24, 2.45) is 47.3 Å². The summed E-state index contributed by atoms with van der Waals surface area (Å²) in [5.41, 5.74) is 0.908. The van der Waals surface area contributed by atoms with Crippen LogP contribution in [0.3, 0.4) is 0 Å². The van der Waals surface area contributed by atoms with Crippen LogP contribution in [0.1, 0.15) is 12.8 Å². The van der Waals surface area contributed by atoms with Crippen molar-refractivity contribution in [3.05, 3.63) is 48.6 Å². The van der Waals surface area contributed by atoms with E-state index in [2.05, 4.69) is 24.3 Å². The van der Waals surface area contributed by atoms with E-state index >= 15 is 0 Å². The maximum absolute atomic E-state index is 13.1. The van der Waals surface area contributed by atoms with E-state index in [0.717, 1.165) is 12.8 Å². The number of amides is 4. The third kappa shape index (κ3) is 1.81. The predicted octanol–water partition coefficient (Wildman–Crippen LogP) is 2.31. The summed E-state index contributed by atoms with van der Waals surface area (Å²) >= 11 is 0. The highest BCUT2D eigenvalue weighted by molar-refractivity contribution is 6.25. The topological polar surface area (TPSA) is 74.8 Å². The molecule has 1 aromatic rings. The van der Waals surface area contributed by atoms with Crippen molar-refractivity contribution in [2.75, 3.05) is 9.80 Å². The van der Waals surface area contributed by atoms with Crippen molar-refractivity contribution < 1.29 is 19.2 Å². The van der Waals surface area contributed by atoms with Crippen molar-refractivity contribution >= 4 is 35.0 Å². The molecule has 0 aromatic heterocycles. The summed E-state index contributed by atoms with van der Waals surface area (Å²) in [4.78, 5) is 55.0. The molecule has 6 aliphatic rings. The number of fused-ring (bicyclic) bond motifs is 10. The Hall–Kier alpha value is -3.02. The zero-order valence-electron chi connectivity index (χ0n) is 16.2. The number of anilines is 2. The number of benzene rings is 1. The van der Waals surface area contributed by atoms with Crippen molar-refractivity contribution in [2.45, 2.75) is 12.8 Å². The van der Waals surface area contributed by atoms with Crippen LogP contribution in [0.4, 0.5) is 11.4 Å². The van der Waals surface area contributed by atoms with Gasteiger partial charge in [0.2, 0.25) is 23.6 Å². The van der Waals surface area contributed by atoms with E-state index in [4.69, 9.17) is 0 Å². The summed E-state index contributed by atoms with van der Waals surface area (Å²) in [7, 11) is 0. The summed E-state index contributed by atoms with van der Waals surface area (Å²) < 4.78 is 0. The highest BCUT2D eigenvalue weighted by Crippen LogP contribution is 2.55. The molecule has 7 rings (SSSR count). The second-order valence-electron chi connectivity index (χ2n) is 9.54. The fourth-order valence-electron chi connectivity index (χ4n) is 7.08. The number of carbonyl (C=O) groups excluding carboxylic acids is 4. The van der Waals surface area contributed by atoms with E-state index in [1.807, 2.05) is 0 Å². The van der Waals surface area contributed by atoms with E-state index in [-0.39, 0.29) is 71.0 Å². The van der Waals surface area contributed by atoms with Gasteiger partial charge in [-0.2, -0.15) is 0 Å². The van der Waals surface area contributed by atoms with Crippen LogP contribution in [0.15, 0.2) is 48.6 Å². The van der Waals surface area contributed by atoms with Crippen molar-refractivity contribution in [3.63, 3.8) is 0 Å². The second kappa shape index (κ2) is 5.36. The molecule has 2 aliphatic heterocycles. The number of hydrogen-bond donors (Lipinski definition) is 0. The Kier molecular flexibility index (Phi) is 2.99. The molecule has 0 radical (unpaired) electrons. The lowest BCUT2D eigenvalue weighted by molar-refractivity contribution is -0.124. The molecule has 4 amide bonds. The zero-order valence-corrected chi connectivity index (χ0v) is 16.2. The van der Waals surface area contributed by atoms with Crippen molar-refractivity contribution in [3.8, 4) is 0 Å². The molecule has 0 N–H and O–H groups in total. The third-order valence-corrected chi connectivity index (χ3v) is 8.29. The first kappa shape index (κ1) is 16.7. The van der Waals surface area contributed by atoms with Gasteiger partial charge in [0.1, 0.15) is 0 Å². The Morgan fingerprint density at radius 2 is 0.900 bits per heavy atom. The van der Waals surface area contributed by atoms with Crippen LogP contribution in [0.25, 0.3) is 0 Å². The molecular formula is C24H20N2O4. The van der Waals surface area contributed by atoms with Crippen LogP contribution in [-0.2, 0) is 19.2 Å². The molecule has 150 valence electrons. The minimum atomic E-state index is -0.271. The van der Waals surface area contributed by atoms with Crippen molar-refractivity contribution in [1.29, 1.82) is 0 Å². The molecule has 4 aliphatic carbocycles. The van der Waals surface area contributed by atoms with E-state index in [0.29, 0.717) is 11.4 Å². The van der Waals surface area contributed by atoms with Gasteiger partial charge < -0.3 is 0 Å². The van der Waals surface area contributed by atoms with Gasteiger partial charge in [-0.3, -0.25) is 19.2 Å². The number of nitrogens with zero attached hydrogens (tertiary/aromatic N) is 2. The zero-order chi connectivity index (χ0) is 20.3. The van der Waals surface area contributed by atoms with Crippen molar-refractivity contribution in [1.82, 2.24) is 0 Å². The number of carbonyl (C=O) groups is 4. The lowest BCUT2D eigenvalue weighted by Crippen LogP contribution is -2.34. The Bertz CT molecular complexity index is 977. The minimum Gasteiger partial charge on any atom is -0.274 e. The normalized spacial score (nSPS) is 42.3. The van der Waals surface area contributed by atoms with Crippen LogP contribution in [0.5, 0.6) is 0 Å². The lowest BCUT2D eigenvalue weighted by Gasteiger charge is -2.21. The quantitative estimate of drug-likeness (QED) is 0.564. The molecule has 30 heavy (non-hydrogen) atoms. The molecule has 8 unspecified atom stereocenters. The van der Waals surface area contributed by atoms with Gasteiger partial charge in [-0.1, -0.05) is 30.4 Å². The molecule has 4 bridgehead atoms. The second-order valence-corrected chi connectivity index (χ2v) is 9.54. The van der Waals surface area contributed by atoms with E-state index < -0.39 is 0 Å². The Labute approximate surface area is 173 Å². The van der Waals surface area contributed by atoms with Gasteiger partial charge in [0.15, 0.2) is 0 Å². The van der Waals surface area contributed by atoms with Gasteiger partial charge >= 0.3 is 0 Å². The molecular weight excluding hydrogens is 380 g/mol. The average molecular weight is 400 g/mol. The Morgan fingerprint density at radius 3 is 1.23 bits per heavy atom. The third-order valence-electron chi connectivity index (χ3n) is 8.29. The van der Waals surface area contributed by atoms with Crippen LogP contribution in [0.2, 0.25) is 0 Å². The molecule has 0 spiro atoms. The summed E-state index contributed by atoms with van der Waals surface area (Å²) in [6, 6.07) is 6.80. The largest absolute Gasteiger partial charge is 0.274 e. The molecule has 2 saturated carbocycles.